The number of nitrogens with zero attached hydrogens (tertiary/aromatic N) is 3. The molecule has 0 aromatic heterocycles. The fraction of sp³-hybridized carbons (Fsp3) is 0.211. The third-order valence-electron chi connectivity index (χ3n) is 4.81. The van der Waals surface area contributed by atoms with Gasteiger partial charge in [-0.1, -0.05) is 12.1 Å². The van der Waals surface area contributed by atoms with Crippen LogP contribution in [0.2, 0.25) is 0 Å². The lowest BCUT2D eigenvalue weighted by Crippen LogP contribution is -2.36. The lowest BCUT2D eigenvalue weighted by atomic mass is 9.99. The Morgan fingerprint density at radius 2 is 1.88 bits per heavy atom. The number of carbonyl (C=O) groups is 2. The average Bonchev–Trinajstić information content (AvgIpc) is 3.14. The van der Waals surface area contributed by atoms with Crippen LogP contribution in [0.5, 0.6) is 0 Å². The van der Waals surface area contributed by atoms with Crippen molar-refractivity contribution in [3.8, 4) is 17.2 Å². The Labute approximate surface area is 148 Å². The minimum absolute atomic E-state index is 0.319. The van der Waals surface area contributed by atoms with E-state index in [1.165, 1.54) is 41.3 Å². The van der Waals surface area contributed by atoms with Crippen LogP contribution < -0.4 is 4.90 Å². The molecule has 2 aliphatic rings. The molecule has 0 spiro atoms. The van der Waals surface area contributed by atoms with E-state index in [2.05, 4.69) is 6.07 Å². The first-order chi connectivity index (χ1) is 12.5. The van der Waals surface area contributed by atoms with E-state index in [4.69, 9.17) is 0 Å². The van der Waals surface area contributed by atoms with Crippen molar-refractivity contribution in [2.45, 2.75) is 18.6 Å². The third kappa shape index (κ3) is 2.35. The Bertz CT molecular complexity index is 951. The van der Waals surface area contributed by atoms with Crippen molar-refractivity contribution >= 4 is 17.6 Å². The number of amides is 3. The highest BCUT2D eigenvalue weighted by Crippen LogP contribution is 2.34. The number of benzene rings is 2. The number of fused-ring (bicyclic) bond motifs is 1. The van der Waals surface area contributed by atoms with Gasteiger partial charge in [0, 0.05) is 12.1 Å². The summed E-state index contributed by atoms with van der Waals surface area (Å²) in [6, 6.07) is 11.0. The van der Waals surface area contributed by atoms with Crippen LogP contribution in [0, 0.1) is 17.1 Å². The van der Waals surface area contributed by atoms with Gasteiger partial charge >= 0.3 is 6.03 Å². The summed E-state index contributed by atoms with van der Waals surface area (Å²) in [6.45, 7) is 0.327. The number of anilines is 1. The molecule has 130 valence electrons. The number of aliphatic hydroxyl groups is 1. The zero-order valence-electron chi connectivity index (χ0n) is 13.6. The quantitative estimate of drug-likeness (QED) is 0.841. The number of imide groups is 1. The van der Waals surface area contributed by atoms with Gasteiger partial charge in [-0.3, -0.25) is 4.79 Å². The van der Waals surface area contributed by atoms with Gasteiger partial charge in [-0.15, -0.1) is 0 Å². The number of rotatable bonds is 2. The van der Waals surface area contributed by atoms with Crippen LogP contribution >= 0.6 is 0 Å². The number of nitriles is 1. The van der Waals surface area contributed by atoms with Crippen molar-refractivity contribution in [2.75, 3.05) is 11.4 Å². The van der Waals surface area contributed by atoms with E-state index in [0.29, 0.717) is 35.3 Å². The number of aliphatic hydroxyl groups excluding tert-OH is 1. The zero-order chi connectivity index (χ0) is 18.4. The molecule has 7 heteroatoms. The highest BCUT2D eigenvalue weighted by molar-refractivity contribution is 6.22. The van der Waals surface area contributed by atoms with Crippen LogP contribution in [0.3, 0.4) is 0 Å². The summed E-state index contributed by atoms with van der Waals surface area (Å²) in [6.07, 6.45) is -0.490. The van der Waals surface area contributed by atoms with Gasteiger partial charge in [-0.2, -0.15) is 5.26 Å². The van der Waals surface area contributed by atoms with Crippen LogP contribution in [0.15, 0.2) is 42.5 Å². The number of hydrogen-bond acceptors (Lipinski definition) is 4. The second kappa shape index (κ2) is 5.93. The zero-order valence-corrected chi connectivity index (χ0v) is 13.6. The molecule has 2 aliphatic heterocycles. The molecule has 0 saturated carbocycles. The molecule has 0 radical (unpaired) electrons. The van der Waals surface area contributed by atoms with Crippen LogP contribution in [0.25, 0.3) is 11.1 Å². The molecule has 0 unspecified atom stereocenters. The van der Waals surface area contributed by atoms with Gasteiger partial charge in [-0.25, -0.2) is 14.1 Å². The first kappa shape index (κ1) is 16.2. The molecule has 4 rings (SSSR count). The normalized spacial score (nSPS) is 21.9. The molecule has 2 heterocycles. The van der Waals surface area contributed by atoms with Gasteiger partial charge in [0.2, 0.25) is 0 Å². The molecule has 0 aliphatic carbocycles. The minimum Gasteiger partial charge on any atom is -0.390 e. The van der Waals surface area contributed by atoms with E-state index in [1.807, 2.05) is 0 Å². The van der Waals surface area contributed by atoms with Gasteiger partial charge < -0.3 is 10.0 Å². The summed E-state index contributed by atoms with van der Waals surface area (Å²) in [5, 5.41) is 19.3. The van der Waals surface area contributed by atoms with E-state index in [9.17, 15) is 24.3 Å². The smallest absolute Gasteiger partial charge is 0.332 e. The maximum atomic E-state index is 13.2. The number of carbonyl (C=O) groups excluding carboxylic acids is 2. The molecule has 0 bridgehead atoms. The van der Waals surface area contributed by atoms with E-state index >= 15 is 0 Å². The summed E-state index contributed by atoms with van der Waals surface area (Å²) in [5.74, 6) is -0.877. The molecule has 1 N–H and O–H groups in total. The summed E-state index contributed by atoms with van der Waals surface area (Å²) >= 11 is 0. The van der Waals surface area contributed by atoms with Crippen LogP contribution in [0.1, 0.15) is 12.0 Å². The molecule has 3 amide bonds. The highest BCUT2D eigenvalue weighted by atomic mass is 19.1. The molecule has 2 saturated heterocycles. The maximum Gasteiger partial charge on any atom is 0.332 e. The Morgan fingerprint density at radius 3 is 2.54 bits per heavy atom. The van der Waals surface area contributed by atoms with Gasteiger partial charge in [0.05, 0.1) is 23.4 Å². The van der Waals surface area contributed by atoms with E-state index < -0.39 is 29.9 Å². The van der Waals surface area contributed by atoms with E-state index in [-0.39, 0.29) is 0 Å². The van der Waals surface area contributed by atoms with Crippen molar-refractivity contribution in [1.29, 1.82) is 5.26 Å². The minimum atomic E-state index is -0.869. The second-order valence-corrected chi connectivity index (χ2v) is 6.30. The fourth-order valence-electron chi connectivity index (χ4n) is 3.52. The Morgan fingerprint density at radius 1 is 1.15 bits per heavy atom. The van der Waals surface area contributed by atoms with E-state index in [0.717, 1.165) is 4.90 Å². The number of hydrogen-bond donors (Lipinski definition) is 1. The van der Waals surface area contributed by atoms with Crippen LogP contribution in [-0.4, -0.2) is 40.6 Å². The summed E-state index contributed by atoms with van der Waals surface area (Å²) in [7, 11) is 0. The first-order valence-corrected chi connectivity index (χ1v) is 8.14. The average molecular weight is 351 g/mol. The standard InChI is InChI=1S/C19H14FN3O3/c20-13-4-1-11(2-5-13)15-9-14(6-3-12(15)10-21)23-18(25)17-16(24)7-8-22(17)19(23)26/h1-6,9,16-17,24H,7-8H2/t16-,17+/m1/s1. The lowest BCUT2D eigenvalue weighted by Gasteiger charge is -2.17. The molecular formula is C19H14FN3O3. The monoisotopic (exact) mass is 351 g/mol. The number of halogens is 1. The van der Waals surface area contributed by atoms with Crippen molar-refractivity contribution in [1.82, 2.24) is 4.90 Å². The molecule has 26 heavy (non-hydrogen) atoms. The Kier molecular flexibility index (Phi) is 3.71. The second-order valence-electron chi connectivity index (χ2n) is 6.30. The SMILES string of the molecule is N#Cc1ccc(N2C(=O)[C@@H]3[C@H](O)CCN3C2=O)cc1-c1ccc(F)cc1. The summed E-state index contributed by atoms with van der Waals surface area (Å²) < 4.78 is 13.2. The summed E-state index contributed by atoms with van der Waals surface area (Å²) in [4.78, 5) is 27.6. The van der Waals surface area contributed by atoms with Crippen LogP contribution in [-0.2, 0) is 4.79 Å². The third-order valence-corrected chi connectivity index (χ3v) is 4.81. The summed E-state index contributed by atoms with van der Waals surface area (Å²) in [5.41, 5.74) is 1.77. The molecule has 6 nitrogen and oxygen atoms in total. The number of urea groups is 1. The molecule has 2 atom stereocenters. The molecule has 2 fully saturated rings. The highest BCUT2D eigenvalue weighted by Gasteiger charge is 2.52. The van der Waals surface area contributed by atoms with Gasteiger partial charge in [0.15, 0.2) is 0 Å². The fourth-order valence-corrected chi connectivity index (χ4v) is 3.52. The lowest BCUT2D eigenvalue weighted by molar-refractivity contribution is -0.121. The van der Waals surface area contributed by atoms with E-state index in [1.54, 1.807) is 6.07 Å². The maximum absolute atomic E-state index is 13.2. The molecular weight excluding hydrogens is 337 g/mol. The van der Waals surface area contributed by atoms with Crippen molar-refractivity contribution < 1.29 is 19.1 Å². The van der Waals surface area contributed by atoms with Crippen molar-refractivity contribution in [3.05, 3.63) is 53.8 Å². The molecule has 2 aromatic carbocycles. The molecule has 2 aromatic rings. The first-order valence-electron chi connectivity index (χ1n) is 8.14. The van der Waals surface area contributed by atoms with Crippen molar-refractivity contribution in [3.63, 3.8) is 0 Å². The largest absolute Gasteiger partial charge is 0.390 e. The van der Waals surface area contributed by atoms with Gasteiger partial charge in [0.1, 0.15) is 11.9 Å². The van der Waals surface area contributed by atoms with Crippen molar-refractivity contribution in [2.24, 2.45) is 0 Å². The predicted molar refractivity (Wildman–Crippen MR) is 90.6 cm³/mol. The topological polar surface area (TPSA) is 84.6 Å². The van der Waals surface area contributed by atoms with Gasteiger partial charge in [-0.05, 0) is 42.3 Å². The van der Waals surface area contributed by atoms with Crippen LogP contribution in [0.4, 0.5) is 14.9 Å². The van der Waals surface area contributed by atoms with Gasteiger partial charge in [0.25, 0.3) is 5.91 Å². The Balaban J connectivity index is 1.78. The predicted octanol–water partition coefficient (Wildman–Crippen LogP) is 2.27. The Hall–Kier alpha value is -3.24.